The maximum Gasteiger partial charge on any atom is 0.258 e. The van der Waals surface area contributed by atoms with Crippen LogP contribution in [-0.2, 0) is 21.4 Å². The molecule has 0 fully saturated rings. The third-order valence-electron chi connectivity index (χ3n) is 3.90. The molecule has 1 amide bonds. The lowest BCUT2D eigenvalue weighted by molar-refractivity contribution is -0.123. The van der Waals surface area contributed by atoms with Crippen LogP contribution in [0.3, 0.4) is 0 Å². The van der Waals surface area contributed by atoms with Crippen LogP contribution in [0.2, 0.25) is 0 Å². The lowest BCUT2D eigenvalue weighted by atomic mass is 10.1. The van der Waals surface area contributed by atoms with Crippen LogP contribution in [0.25, 0.3) is 0 Å². The van der Waals surface area contributed by atoms with Gasteiger partial charge in [-0.15, -0.1) is 0 Å². The highest BCUT2D eigenvalue weighted by atomic mass is 32.2. The average Bonchev–Trinajstić information content (AvgIpc) is 2.65. The molecule has 2 rings (SSSR count). The maximum atomic E-state index is 12.1. The number of hydrogen-bond acceptors (Lipinski definition) is 4. The number of nitrogens with one attached hydrogen (secondary N) is 2. The summed E-state index contributed by atoms with van der Waals surface area (Å²) in [5.74, 6) is 0.197. The van der Waals surface area contributed by atoms with Gasteiger partial charge in [-0.2, -0.15) is 0 Å². The smallest absolute Gasteiger partial charge is 0.258 e. The third-order valence-corrected chi connectivity index (χ3v) is 5.38. The zero-order valence-corrected chi connectivity index (χ0v) is 16.5. The van der Waals surface area contributed by atoms with E-state index in [1.807, 2.05) is 38.1 Å². The zero-order valence-electron chi connectivity index (χ0n) is 15.7. The molecule has 2 aromatic rings. The Bertz CT molecular complexity index is 849. The third kappa shape index (κ3) is 7.03. The normalized spacial score (nSPS) is 11.2. The molecule has 0 aliphatic rings. The molecule has 6 nitrogen and oxygen atoms in total. The van der Waals surface area contributed by atoms with Crippen LogP contribution in [0.4, 0.5) is 0 Å². The van der Waals surface area contributed by atoms with Crippen LogP contribution in [0.15, 0.2) is 53.4 Å². The summed E-state index contributed by atoms with van der Waals surface area (Å²) < 4.78 is 32.2. The molecule has 2 N–H and O–H groups in total. The molecular weight excluding hydrogens is 364 g/mol. The number of sulfonamides is 1. The number of ether oxygens (including phenoxy) is 1. The topological polar surface area (TPSA) is 84.5 Å². The second-order valence-electron chi connectivity index (χ2n) is 6.28. The average molecular weight is 391 g/mol. The summed E-state index contributed by atoms with van der Waals surface area (Å²) in [5.41, 5.74) is 2.16. The van der Waals surface area contributed by atoms with Crippen LogP contribution < -0.4 is 14.8 Å². The van der Waals surface area contributed by atoms with Crippen LogP contribution in [0, 0.1) is 6.92 Å². The van der Waals surface area contributed by atoms with E-state index in [0.717, 1.165) is 24.0 Å². The fraction of sp³-hybridized carbons (Fsp3) is 0.350. The van der Waals surface area contributed by atoms with Gasteiger partial charge in [0, 0.05) is 13.1 Å². The largest absolute Gasteiger partial charge is 0.484 e. The van der Waals surface area contributed by atoms with Gasteiger partial charge in [0.1, 0.15) is 5.75 Å². The molecule has 0 unspecified atom stereocenters. The molecule has 0 heterocycles. The van der Waals surface area contributed by atoms with Crippen molar-refractivity contribution in [1.29, 1.82) is 0 Å². The van der Waals surface area contributed by atoms with Crippen molar-refractivity contribution in [2.75, 3.05) is 13.2 Å². The summed E-state index contributed by atoms with van der Waals surface area (Å²) in [6.45, 7) is 4.71. The Balaban J connectivity index is 1.81. The van der Waals surface area contributed by atoms with Crippen molar-refractivity contribution in [2.45, 2.75) is 38.1 Å². The minimum Gasteiger partial charge on any atom is -0.484 e. The van der Waals surface area contributed by atoms with E-state index in [1.54, 1.807) is 12.1 Å². The number of amides is 1. The van der Waals surface area contributed by atoms with Gasteiger partial charge in [0.15, 0.2) is 6.61 Å². The van der Waals surface area contributed by atoms with E-state index in [9.17, 15) is 13.2 Å². The lowest BCUT2D eigenvalue weighted by Gasteiger charge is -2.09. The van der Waals surface area contributed by atoms with Gasteiger partial charge >= 0.3 is 0 Å². The standard InChI is InChI=1S/C20H26N2O4S/c1-3-4-12-22-27(24,25)19-10-8-18(9-11-19)26-15-20(23)21-14-17-7-5-6-16(2)13-17/h5-11,13,22H,3-4,12,14-15H2,1-2H3,(H,21,23). The minimum absolute atomic E-state index is 0.132. The van der Waals surface area contributed by atoms with Gasteiger partial charge < -0.3 is 10.1 Å². The van der Waals surface area contributed by atoms with Gasteiger partial charge in [-0.25, -0.2) is 13.1 Å². The number of unbranched alkanes of at least 4 members (excludes halogenated alkanes) is 1. The van der Waals surface area contributed by atoms with E-state index < -0.39 is 10.0 Å². The molecule has 0 aliphatic heterocycles. The van der Waals surface area contributed by atoms with E-state index in [4.69, 9.17) is 4.74 Å². The minimum atomic E-state index is -3.51. The summed E-state index contributed by atoms with van der Waals surface area (Å²) >= 11 is 0. The molecule has 0 atom stereocenters. The van der Waals surface area contributed by atoms with E-state index in [0.29, 0.717) is 18.8 Å². The van der Waals surface area contributed by atoms with Crippen molar-refractivity contribution in [3.8, 4) is 5.75 Å². The Kier molecular flexibility index (Phi) is 7.82. The van der Waals surface area contributed by atoms with Gasteiger partial charge in [0.05, 0.1) is 4.90 Å². The molecule has 0 saturated heterocycles. The van der Waals surface area contributed by atoms with Crippen molar-refractivity contribution in [1.82, 2.24) is 10.0 Å². The second kappa shape index (κ2) is 10.1. The fourth-order valence-corrected chi connectivity index (χ4v) is 3.48. The van der Waals surface area contributed by atoms with Crippen molar-refractivity contribution in [2.24, 2.45) is 0 Å². The zero-order chi connectivity index (χ0) is 19.7. The van der Waals surface area contributed by atoms with Crippen molar-refractivity contribution in [3.05, 3.63) is 59.7 Å². The summed E-state index contributed by atoms with van der Waals surface area (Å²) in [4.78, 5) is 12.1. The van der Waals surface area contributed by atoms with Gasteiger partial charge in [0.25, 0.3) is 5.91 Å². The summed E-state index contributed by atoms with van der Waals surface area (Å²) in [5, 5.41) is 2.79. The van der Waals surface area contributed by atoms with E-state index in [1.165, 1.54) is 12.1 Å². The first kappa shape index (κ1) is 20.9. The Morgan fingerprint density at radius 2 is 1.85 bits per heavy atom. The number of benzene rings is 2. The van der Waals surface area contributed by atoms with E-state index in [2.05, 4.69) is 10.0 Å². The Morgan fingerprint density at radius 1 is 1.11 bits per heavy atom. The highest BCUT2D eigenvalue weighted by Crippen LogP contribution is 2.16. The molecule has 0 aromatic heterocycles. The highest BCUT2D eigenvalue weighted by molar-refractivity contribution is 7.89. The number of hydrogen-bond donors (Lipinski definition) is 2. The quantitative estimate of drug-likeness (QED) is 0.611. The van der Waals surface area contributed by atoms with Gasteiger partial charge in [-0.1, -0.05) is 43.2 Å². The molecule has 0 aliphatic carbocycles. The van der Waals surface area contributed by atoms with Gasteiger partial charge in [-0.3, -0.25) is 4.79 Å². The molecule has 0 saturated carbocycles. The first-order valence-corrected chi connectivity index (χ1v) is 10.4. The van der Waals surface area contributed by atoms with Crippen LogP contribution in [0.5, 0.6) is 5.75 Å². The predicted octanol–water partition coefficient (Wildman–Crippen LogP) is 2.77. The maximum absolute atomic E-state index is 12.1. The molecule has 0 radical (unpaired) electrons. The first-order valence-electron chi connectivity index (χ1n) is 8.95. The summed E-state index contributed by atoms with van der Waals surface area (Å²) in [7, 11) is -3.51. The van der Waals surface area contributed by atoms with Crippen molar-refractivity contribution >= 4 is 15.9 Å². The molecule has 7 heteroatoms. The van der Waals surface area contributed by atoms with Crippen molar-refractivity contribution in [3.63, 3.8) is 0 Å². The Hall–Kier alpha value is -2.38. The van der Waals surface area contributed by atoms with E-state index in [-0.39, 0.29) is 17.4 Å². The van der Waals surface area contributed by atoms with E-state index >= 15 is 0 Å². The van der Waals surface area contributed by atoms with Crippen molar-refractivity contribution < 1.29 is 17.9 Å². The first-order chi connectivity index (χ1) is 12.9. The number of carbonyl (C=O) groups excluding carboxylic acids is 1. The molecule has 0 spiro atoms. The fourth-order valence-electron chi connectivity index (χ4n) is 2.40. The van der Waals surface area contributed by atoms with Crippen LogP contribution in [0.1, 0.15) is 30.9 Å². The highest BCUT2D eigenvalue weighted by Gasteiger charge is 2.13. The van der Waals surface area contributed by atoms with Gasteiger partial charge in [-0.05, 0) is 43.2 Å². The second-order valence-corrected chi connectivity index (χ2v) is 8.04. The molecule has 2 aromatic carbocycles. The van der Waals surface area contributed by atoms with Crippen LogP contribution >= 0.6 is 0 Å². The Labute approximate surface area is 161 Å². The van der Waals surface area contributed by atoms with Crippen LogP contribution in [-0.4, -0.2) is 27.5 Å². The summed E-state index contributed by atoms with van der Waals surface area (Å²) in [6, 6.07) is 13.9. The number of rotatable bonds is 10. The van der Waals surface area contributed by atoms with Gasteiger partial charge in [0.2, 0.25) is 10.0 Å². The summed E-state index contributed by atoms with van der Waals surface area (Å²) in [6.07, 6.45) is 1.71. The number of aryl methyl sites for hydroxylation is 1. The monoisotopic (exact) mass is 390 g/mol. The molecule has 0 bridgehead atoms. The predicted molar refractivity (Wildman–Crippen MR) is 105 cm³/mol. The molecular formula is C20H26N2O4S. The Morgan fingerprint density at radius 3 is 2.52 bits per heavy atom. The molecule has 146 valence electrons. The lowest BCUT2D eigenvalue weighted by Crippen LogP contribution is -2.28. The SMILES string of the molecule is CCCCNS(=O)(=O)c1ccc(OCC(=O)NCc2cccc(C)c2)cc1. The number of carbonyl (C=O) groups is 1. The molecule has 27 heavy (non-hydrogen) atoms.